The lowest BCUT2D eigenvalue weighted by Crippen LogP contribution is -2.25. The van der Waals surface area contributed by atoms with Crippen molar-refractivity contribution in [2.24, 2.45) is 0 Å². The molecule has 0 N–H and O–H groups in total. The minimum absolute atomic E-state index is 0.0686. The first-order valence-electron chi connectivity index (χ1n) is 4.75. The maximum Gasteiger partial charge on any atom is 0.0662 e. The molecule has 1 aromatic carbocycles. The summed E-state index contributed by atoms with van der Waals surface area (Å²) < 4.78 is 5.39. The van der Waals surface area contributed by atoms with Gasteiger partial charge in [-0.2, -0.15) is 0 Å². The van der Waals surface area contributed by atoms with Crippen molar-refractivity contribution >= 4 is 11.8 Å². The highest BCUT2D eigenvalue weighted by molar-refractivity contribution is 7.98. The van der Waals surface area contributed by atoms with Gasteiger partial charge in [0.2, 0.25) is 0 Å². The molecule has 0 aliphatic rings. The van der Waals surface area contributed by atoms with Crippen molar-refractivity contribution in [1.82, 2.24) is 0 Å². The quantitative estimate of drug-likeness (QED) is 0.705. The Kier molecular flexibility index (Phi) is 4.02. The Morgan fingerprint density at radius 2 is 1.79 bits per heavy atom. The molecule has 1 aromatic rings. The summed E-state index contributed by atoms with van der Waals surface area (Å²) in [4.78, 5) is 1.31. The lowest BCUT2D eigenvalue weighted by molar-refractivity contribution is 0.0232. The van der Waals surface area contributed by atoms with E-state index in [1.807, 2.05) is 0 Å². The fourth-order valence-electron chi connectivity index (χ4n) is 1.31. The zero-order valence-electron chi connectivity index (χ0n) is 9.33. The van der Waals surface area contributed by atoms with Gasteiger partial charge in [-0.05, 0) is 37.8 Å². The Hall–Kier alpha value is -0.470. The van der Waals surface area contributed by atoms with Crippen LogP contribution in [0.2, 0.25) is 0 Å². The molecule has 0 spiro atoms. The molecule has 0 aliphatic heterocycles. The van der Waals surface area contributed by atoms with Crippen molar-refractivity contribution < 1.29 is 4.74 Å². The summed E-state index contributed by atoms with van der Waals surface area (Å²) in [6, 6.07) is 8.66. The van der Waals surface area contributed by atoms with Crippen LogP contribution in [0.15, 0.2) is 29.2 Å². The van der Waals surface area contributed by atoms with Crippen molar-refractivity contribution in [2.45, 2.75) is 30.8 Å². The highest BCUT2D eigenvalue weighted by Gasteiger charge is 2.16. The second-order valence-electron chi connectivity index (χ2n) is 3.99. The van der Waals surface area contributed by atoms with E-state index < -0.39 is 0 Å². The van der Waals surface area contributed by atoms with Gasteiger partial charge in [0, 0.05) is 18.4 Å². The Balaban J connectivity index is 2.69. The topological polar surface area (TPSA) is 9.23 Å². The minimum atomic E-state index is -0.0686. The van der Waals surface area contributed by atoms with Crippen LogP contribution in [0.1, 0.15) is 19.4 Å². The van der Waals surface area contributed by atoms with E-state index in [0.717, 1.165) is 6.42 Å². The first-order chi connectivity index (χ1) is 6.57. The zero-order valence-corrected chi connectivity index (χ0v) is 10.1. The van der Waals surface area contributed by atoms with Crippen molar-refractivity contribution in [3.63, 3.8) is 0 Å². The molecule has 1 nitrogen and oxygen atoms in total. The van der Waals surface area contributed by atoms with Crippen LogP contribution < -0.4 is 0 Å². The summed E-state index contributed by atoms with van der Waals surface area (Å²) >= 11 is 1.77. The molecule has 0 saturated heterocycles. The molecule has 14 heavy (non-hydrogen) atoms. The predicted octanol–water partition coefficient (Wildman–Crippen LogP) is 3.38. The molecule has 0 heterocycles. The summed E-state index contributed by atoms with van der Waals surface area (Å²) in [7, 11) is 1.76. The number of methoxy groups -OCH3 is 1. The van der Waals surface area contributed by atoms with Gasteiger partial charge in [0.15, 0.2) is 0 Å². The third-order valence-corrected chi connectivity index (χ3v) is 3.09. The molecular weight excluding hydrogens is 192 g/mol. The van der Waals surface area contributed by atoms with Crippen LogP contribution in [0.5, 0.6) is 0 Å². The summed E-state index contributed by atoms with van der Waals surface area (Å²) in [6.45, 7) is 4.21. The second-order valence-corrected chi connectivity index (χ2v) is 4.87. The molecule has 0 radical (unpaired) electrons. The number of hydrogen-bond donors (Lipinski definition) is 0. The molecule has 0 atom stereocenters. The molecule has 0 unspecified atom stereocenters. The zero-order chi connectivity index (χ0) is 10.6. The van der Waals surface area contributed by atoms with E-state index in [1.54, 1.807) is 18.9 Å². The van der Waals surface area contributed by atoms with Gasteiger partial charge < -0.3 is 4.74 Å². The fraction of sp³-hybridized carbons (Fsp3) is 0.500. The monoisotopic (exact) mass is 210 g/mol. The van der Waals surface area contributed by atoms with Crippen LogP contribution in [0.3, 0.4) is 0 Å². The Bertz CT molecular complexity index is 277. The van der Waals surface area contributed by atoms with Gasteiger partial charge >= 0.3 is 0 Å². The van der Waals surface area contributed by atoms with Gasteiger partial charge in [-0.1, -0.05) is 12.1 Å². The van der Waals surface area contributed by atoms with E-state index in [2.05, 4.69) is 44.4 Å². The SMILES string of the molecule is COC(C)(C)Cc1ccc(SC)cc1. The van der Waals surface area contributed by atoms with Gasteiger partial charge in [-0.3, -0.25) is 0 Å². The van der Waals surface area contributed by atoms with Gasteiger partial charge in [0.25, 0.3) is 0 Å². The van der Waals surface area contributed by atoms with E-state index in [1.165, 1.54) is 10.5 Å². The average Bonchev–Trinajstić information content (AvgIpc) is 2.19. The smallest absolute Gasteiger partial charge is 0.0662 e. The predicted molar refractivity (Wildman–Crippen MR) is 63.0 cm³/mol. The maximum atomic E-state index is 5.39. The largest absolute Gasteiger partial charge is 0.378 e. The van der Waals surface area contributed by atoms with E-state index >= 15 is 0 Å². The lowest BCUT2D eigenvalue weighted by atomic mass is 9.99. The molecular formula is C12H18OS. The van der Waals surface area contributed by atoms with Crippen molar-refractivity contribution in [3.8, 4) is 0 Å². The Labute approximate surface area is 90.9 Å². The molecule has 2 heteroatoms. The van der Waals surface area contributed by atoms with Crippen LogP contribution in [-0.2, 0) is 11.2 Å². The summed E-state index contributed by atoms with van der Waals surface area (Å²) in [6.07, 6.45) is 3.05. The molecule has 0 saturated carbocycles. The molecule has 78 valence electrons. The maximum absolute atomic E-state index is 5.39. The van der Waals surface area contributed by atoms with Crippen LogP contribution in [-0.4, -0.2) is 19.0 Å². The summed E-state index contributed by atoms with van der Waals surface area (Å²) in [5.41, 5.74) is 1.26. The summed E-state index contributed by atoms with van der Waals surface area (Å²) in [5, 5.41) is 0. The number of rotatable bonds is 4. The molecule has 0 fully saturated rings. The van der Waals surface area contributed by atoms with Crippen LogP contribution in [0.4, 0.5) is 0 Å². The molecule has 0 bridgehead atoms. The van der Waals surface area contributed by atoms with E-state index in [4.69, 9.17) is 4.74 Å². The van der Waals surface area contributed by atoms with Crippen LogP contribution in [0, 0.1) is 0 Å². The first-order valence-corrected chi connectivity index (χ1v) is 5.98. The lowest BCUT2D eigenvalue weighted by Gasteiger charge is -2.22. The molecule has 0 amide bonds. The third kappa shape index (κ3) is 3.35. The number of benzene rings is 1. The number of ether oxygens (including phenoxy) is 1. The normalized spacial score (nSPS) is 11.7. The van der Waals surface area contributed by atoms with E-state index in [9.17, 15) is 0 Å². The number of hydrogen-bond acceptors (Lipinski definition) is 2. The Morgan fingerprint density at radius 1 is 1.21 bits per heavy atom. The summed E-state index contributed by atoms with van der Waals surface area (Å²) in [5.74, 6) is 0. The molecule has 0 aromatic heterocycles. The van der Waals surface area contributed by atoms with Gasteiger partial charge in [-0.15, -0.1) is 11.8 Å². The average molecular weight is 210 g/mol. The molecule has 1 rings (SSSR count). The van der Waals surface area contributed by atoms with E-state index in [-0.39, 0.29) is 5.60 Å². The highest BCUT2D eigenvalue weighted by Crippen LogP contribution is 2.19. The van der Waals surface area contributed by atoms with Crippen molar-refractivity contribution in [1.29, 1.82) is 0 Å². The molecule has 0 aliphatic carbocycles. The second kappa shape index (κ2) is 4.85. The van der Waals surface area contributed by atoms with Gasteiger partial charge in [0.05, 0.1) is 5.60 Å². The van der Waals surface area contributed by atoms with Crippen LogP contribution in [0.25, 0.3) is 0 Å². The number of thioether (sulfide) groups is 1. The van der Waals surface area contributed by atoms with Crippen molar-refractivity contribution in [3.05, 3.63) is 29.8 Å². The van der Waals surface area contributed by atoms with Crippen molar-refractivity contribution in [2.75, 3.05) is 13.4 Å². The van der Waals surface area contributed by atoms with Crippen LogP contribution >= 0.6 is 11.8 Å². The first kappa shape index (κ1) is 11.6. The third-order valence-electron chi connectivity index (χ3n) is 2.34. The van der Waals surface area contributed by atoms with Gasteiger partial charge in [0.1, 0.15) is 0 Å². The van der Waals surface area contributed by atoms with Gasteiger partial charge in [-0.25, -0.2) is 0 Å². The standard InChI is InChI=1S/C12H18OS/c1-12(2,13-3)9-10-5-7-11(14-4)8-6-10/h5-8H,9H2,1-4H3. The fourth-order valence-corrected chi connectivity index (χ4v) is 1.72. The Morgan fingerprint density at radius 3 is 2.21 bits per heavy atom. The highest BCUT2D eigenvalue weighted by atomic mass is 32.2. The minimum Gasteiger partial charge on any atom is -0.378 e. The van der Waals surface area contributed by atoms with E-state index in [0.29, 0.717) is 0 Å².